The Morgan fingerprint density at radius 2 is 1.82 bits per heavy atom. The van der Waals surface area contributed by atoms with E-state index < -0.39 is 17.7 Å². The molecule has 0 fully saturated rings. The number of thioether (sulfide) groups is 1. The van der Waals surface area contributed by atoms with Gasteiger partial charge in [-0.25, -0.2) is 14.6 Å². The third-order valence-electron chi connectivity index (χ3n) is 5.16. The SMILES string of the molecule is CSc1nc(NCC(C)C)c2cnn(CCNC(=O)CN3C(=O)c4ccccc4C3=O)c2n1. The van der Waals surface area contributed by atoms with Crippen molar-refractivity contribution < 1.29 is 14.4 Å². The summed E-state index contributed by atoms with van der Waals surface area (Å²) >= 11 is 1.44. The molecular weight excluding hydrogens is 442 g/mol. The largest absolute Gasteiger partial charge is 0.369 e. The minimum Gasteiger partial charge on any atom is -0.369 e. The normalized spacial score (nSPS) is 13.2. The van der Waals surface area contributed by atoms with E-state index in [0.29, 0.717) is 34.4 Å². The standard InChI is InChI=1S/C22H25N7O3S/c1-13(2)10-24-18-16-11-25-29(19(16)27-22(26-18)33-3)9-8-23-17(30)12-28-20(31)14-6-4-5-7-15(14)21(28)32/h4-7,11,13H,8-10,12H2,1-3H3,(H,23,30)(H,24,26,27). The molecule has 11 heteroatoms. The summed E-state index contributed by atoms with van der Waals surface area (Å²) in [6.45, 7) is 5.34. The predicted octanol–water partition coefficient (Wildman–Crippen LogP) is 2.03. The molecule has 4 rings (SSSR count). The van der Waals surface area contributed by atoms with Gasteiger partial charge in [-0.15, -0.1) is 0 Å². The second-order valence-corrected chi connectivity index (χ2v) is 8.80. The van der Waals surface area contributed by atoms with Crippen molar-refractivity contribution in [3.05, 3.63) is 41.6 Å². The van der Waals surface area contributed by atoms with Gasteiger partial charge in [0, 0.05) is 13.1 Å². The molecule has 0 saturated heterocycles. The molecule has 3 heterocycles. The highest BCUT2D eigenvalue weighted by Gasteiger charge is 2.36. The number of amides is 3. The van der Waals surface area contributed by atoms with Gasteiger partial charge in [-0.1, -0.05) is 37.7 Å². The van der Waals surface area contributed by atoms with Crippen molar-refractivity contribution in [3.63, 3.8) is 0 Å². The second kappa shape index (κ2) is 9.57. The Kier molecular flexibility index (Phi) is 6.59. The van der Waals surface area contributed by atoms with Crippen LogP contribution in [0.4, 0.5) is 5.82 Å². The summed E-state index contributed by atoms with van der Waals surface area (Å²) in [5.74, 6) is -0.128. The van der Waals surface area contributed by atoms with Gasteiger partial charge in [-0.05, 0) is 24.3 Å². The van der Waals surface area contributed by atoms with E-state index in [4.69, 9.17) is 0 Å². The van der Waals surface area contributed by atoms with Crippen molar-refractivity contribution in [3.8, 4) is 0 Å². The maximum Gasteiger partial charge on any atom is 0.262 e. The lowest BCUT2D eigenvalue weighted by atomic mass is 10.1. The van der Waals surface area contributed by atoms with E-state index in [2.05, 4.69) is 39.5 Å². The summed E-state index contributed by atoms with van der Waals surface area (Å²) in [7, 11) is 0. The zero-order valence-electron chi connectivity index (χ0n) is 18.7. The third-order valence-corrected chi connectivity index (χ3v) is 5.71. The Hall–Kier alpha value is -3.47. The molecule has 10 nitrogen and oxygen atoms in total. The highest BCUT2D eigenvalue weighted by Crippen LogP contribution is 2.24. The summed E-state index contributed by atoms with van der Waals surface area (Å²) in [5.41, 5.74) is 1.32. The molecule has 1 aliphatic rings. The minimum atomic E-state index is -0.452. The molecule has 3 aromatic rings. The number of carbonyl (C=O) groups excluding carboxylic acids is 3. The van der Waals surface area contributed by atoms with E-state index >= 15 is 0 Å². The van der Waals surface area contributed by atoms with Crippen LogP contribution in [0.15, 0.2) is 35.6 Å². The quantitative estimate of drug-likeness (QED) is 0.278. The summed E-state index contributed by atoms with van der Waals surface area (Å²) in [6, 6.07) is 6.56. The number of fused-ring (bicyclic) bond motifs is 2. The molecule has 3 amide bonds. The summed E-state index contributed by atoms with van der Waals surface area (Å²) in [6.07, 6.45) is 3.62. The lowest BCUT2D eigenvalue weighted by Crippen LogP contribution is -2.41. The molecule has 2 N–H and O–H groups in total. The number of hydrogen-bond donors (Lipinski definition) is 2. The molecule has 0 bridgehead atoms. The maximum absolute atomic E-state index is 12.4. The lowest BCUT2D eigenvalue weighted by Gasteiger charge is -2.14. The number of rotatable bonds is 9. The van der Waals surface area contributed by atoms with E-state index in [1.54, 1.807) is 35.1 Å². The minimum absolute atomic E-state index is 0.270. The van der Waals surface area contributed by atoms with Gasteiger partial charge in [0.15, 0.2) is 10.8 Å². The smallest absolute Gasteiger partial charge is 0.262 e. The Labute approximate surface area is 195 Å². The molecule has 0 spiro atoms. The van der Waals surface area contributed by atoms with Gasteiger partial charge < -0.3 is 10.6 Å². The van der Waals surface area contributed by atoms with Gasteiger partial charge in [-0.3, -0.25) is 19.3 Å². The number of aromatic nitrogens is 4. The summed E-state index contributed by atoms with van der Waals surface area (Å²) in [5, 5.41) is 11.9. The summed E-state index contributed by atoms with van der Waals surface area (Å²) < 4.78 is 1.71. The predicted molar refractivity (Wildman–Crippen MR) is 125 cm³/mol. The molecule has 0 aliphatic carbocycles. The van der Waals surface area contributed by atoms with Crippen LogP contribution in [0.1, 0.15) is 34.6 Å². The van der Waals surface area contributed by atoms with E-state index in [1.165, 1.54) is 11.8 Å². The molecule has 0 atom stereocenters. The van der Waals surface area contributed by atoms with Crippen LogP contribution in [0.5, 0.6) is 0 Å². The van der Waals surface area contributed by atoms with Gasteiger partial charge in [0.05, 0.1) is 29.3 Å². The van der Waals surface area contributed by atoms with Gasteiger partial charge in [0.2, 0.25) is 5.91 Å². The molecule has 0 unspecified atom stereocenters. The zero-order valence-corrected chi connectivity index (χ0v) is 19.5. The number of anilines is 1. The molecule has 172 valence electrons. The van der Waals surface area contributed by atoms with Crippen LogP contribution >= 0.6 is 11.8 Å². The fourth-order valence-corrected chi connectivity index (χ4v) is 3.87. The number of nitrogens with one attached hydrogen (secondary N) is 2. The monoisotopic (exact) mass is 467 g/mol. The van der Waals surface area contributed by atoms with Crippen molar-refractivity contribution >= 4 is 46.3 Å². The number of imide groups is 1. The fourth-order valence-electron chi connectivity index (χ4n) is 3.51. The van der Waals surface area contributed by atoms with Crippen LogP contribution in [0.3, 0.4) is 0 Å². The van der Waals surface area contributed by atoms with E-state index in [1.807, 2.05) is 6.26 Å². The Morgan fingerprint density at radius 1 is 1.12 bits per heavy atom. The Balaban J connectivity index is 1.39. The van der Waals surface area contributed by atoms with Crippen LogP contribution < -0.4 is 10.6 Å². The topological polar surface area (TPSA) is 122 Å². The Bertz CT molecular complexity index is 1190. The highest BCUT2D eigenvalue weighted by molar-refractivity contribution is 7.98. The zero-order chi connectivity index (χ0) is 23.5. The van der Waals surface area contributed by atoms with Crippen molar-refractivity contribution in [1.29, 1.82) is 0 Å². The van der Waals surface area contributed by atoms with Crippen LogP contribution in [-0.2, 0) is 11.3 Å². The van der Waals surface area contributed by atoms with Crippen LogP contribution in [-0.4, -0.2) is 68.3 Å². The first-order valence-electron chi connectivity index (χ1n) is 10.6. The highest BCUT2D eigenvalue weighted by atomic mass is 32.2. The van der Waals surface area contributed by atoms with Crippen molar-refractivity contribution in [2.24, 2.45) is 5.92 Å². The van der Waals surface area contributed by atoms with E-state index in [0.717, 1.165) is 22.6 Å². The van der Waals surface area contributed by atoms with Crippen molar-refractivity contribution in [2.45, 2.75) is 25.5 Å². The van der Waals surface area contributed by atoms with Crippen molar-refractivity contribution in [1.82, 2.24) is 30.0 Å². The van der Waals surface area contributed by atoms with Crippen LogP contribution in [0.2, 0.25) is 0 Å². The third kappa shape index (κ3) is 4.68. The van der Waals surface area contributed by atoms with Crippen LogP contribution in [0, 0.1) is 5.92 Å². The molecule has 0 saturated carbocycles. The first-order chi connectivity index (χ1) is 15.9. The van der Waals surface area contributed by atoms with Crippen LogP contribution in [0.25, 0.3) is 11.0 Å². The average molecular weight is 468 g/mol. The Morgan fingerprint density at radius 3 is 2.45 bits per heavy atom. The van der Waals surface area contributed by atoms with E-state index in [9.17, 15) is 14.4 Å². The molecule has 1 aromatic carbocycles. The van der Waals surface area contributed by atoms with Gasteiger partial charge in [0.1, 0.15) is 12.4 Å². The molecular formula is C22H25N7O3S. The molecule has 33 heavy (non-hydrogen) atoms. The second-order valence-electron chi connectivity index (χ2n) is 8.03. The summed E-state index contributed by atoms with van der Waals surface area (Å²) in [4.78, 5) is 47.3. The molecule has 1 aliphatic heterocycles. The number of benzene rings is 1. The number of nitrogens with zero attached hydrogens (tertiary/aromatic N) is 5. The van der Waals surface area contributed by atoms with Gasteiger partial charge >= 0.3 is 0 Å². The fraction of sp³-hybridized carbons (Fsp3) is 0.364. The van der Waals surface area contributed by atoms with Gasteiger partial charge in [-0.2, -0.15) is 5.10 Å². The average Bonchev–Trinajstić information content (AvgIpc) is 3.32. The number of carbonyl (C=O) groups is 3. The first kappa shape index (κ1) is 22.7. The molecule has 0 radical (unpaired) electrons. The van der Waals surface area contributed by atoms with Gasteiger partial charge in [0.25, 0.3) is 11.8 Å². The number of hydrogen-bond acceptors (Lipinski definition) is 8. The van der Waals surface area contributed by atoms with Crippen molar-refractivity contribution in [2.75, 3.05) is 31.2 Å². The lowest BCUT2D eigenvalue weighted by molar-refractivity contribution is -0.121. The first-order valence-corrected chi connectivity index (χ1v) is 11.8. The van der Waals surface area contributed by atoms with E-state index in [-0.39, 0.29) is 13.1 Å². The maximum atomic E-state index is 12.4. The molecule has 2 aromatic heterocycles.